The Morgan fingerprint density at radius 2 is 1.03 bits per heavy atom. The highest BCUT2D eigenvalue weighted by atomic mass is 35.5. The molecule has 1 heterocycles. The number of rotatable bonds is 11. The first-order valence-electron chi connectivity index (χ1n) is 11.5. The molecule has 5 nitrogen and oxygen atoms in total. The maximum atomic E-state index is 12.9. The van der Waals surface area contributed by atoms with E-state index >= 15 is 0 Å². The number of ketones is 2. The van der Waals surface area contributed by atoms with E-state index < -0.39 is 0 Å². The molecule has 0 amide bonds. The van der Waals surface area contributed by atoms with Crippen molar-refractivity contribution in [3.8, 4) is 0 Å². The summed E-state index contributed by atoms with van der Waals surface area (Å²) in [7, 11) is 0. The summed E-state index contributed by atoms with van der Waals surface area (Å²) in [5.74, 6) is 0.272. The van der Waals surface area contributed by atoms with Crippen molar-refractivity contribution < 1.29 is 9.59 Å². The topological polar surface area (TPSA) is 45.6 Å². The van der Waals surface area contributed by atoms with E-state index in [1.54, 1.807) is 0 Å². The lowest BCUT2D eigenvalue weighted by Crippen LogP contribution is -2.29. The van der Waals surface area contributed by atoms with E-state index in [9.17, 15) is 9.59 Å². The molecule has 1 aromatic heterocycles. The molecule has 0 N–H and O–H groups in total. The highest BCUT2D eigenvalue weighted by Crippen LogP contribution is 2.31. The van der Waals surface area contributed by atoms with Crippen molar-refractivity contribution in [2.45, 2.75) is 41.2 Å². The molecule has 0 unspecified atom stereocenters. The van der Waals surface area contributed by atoms with Crippen molar-refractivity contribution in [1.82, 2.24) is 14.4 Å². The van der Waals surface area contributed by atoms with Crippen LogP contribution in [-0.2, 0) is 6.54 Å². The summed E-state index contributed by atoms with van der Waals surface area (Å²) in [6.07, 6.45) is 0. The van der Waals surface area contributed by atoms with Crippen molar-refractivity contribution in [1.29, 1.82) is 0 Å². The predicted octanol–water partition coefficient (Wildman–Crippen LogP) is 5.71. The summed E-state index contributed by atoms with van der Waals surface area (Å²) in [5.41, 5.74) is 3.67. The van der Waals surface area contributed by atoms with Crippen molar-refractivity contribution in [2.75, 3.05) is 39.3 Å². The van der Waals surface area contributed by atoms with Crippen LogP contribution in [0.25, 0.3) is 21.8 Å². The summed E-state index contributed by atoms with van der Waals surface area (Å²) < 4.78 is 2.25. The molecule has 0 atom stereocenters. The molecule has 2 aromatic carbocycles. The third-order valence-corrected chi connectivity index (χ3v) is 6.35. The third-order valence-electron chi connectivity index (χ3n) is 6.35. The summed E-state index contributed by atoms with van der Waals surface area (Å²) in [6.45, 7) is 15.5. The van der Waals surface area contributed by atoms with Crippen molar-refractivity contribution >= 4 is 58.2 Å². The van der Waals surface area contributed by atoms with E-state index in [4.69, 9.17) is 0 Å². The maximum absolute atomic E-state index is 12.9. The molecule has 0 radical (unpaired) electrons. The van der Waals surface area contributed by atoms with Crippen LogP contribution in [0.3, 0.4) is 0 Å². The number of hydrogen-bond donors (Lipinski definition) is 0. The van der Waals surface area contributed by atoms with Crippen molar-refractivity contribution in [3.05, 3.63) is 47.5 Å². The van der Waals surface area contributed by atoms with Crippen LogP contribution >= 0.6 is 24.8 Å². The highest BCUT2D eigenvalue weighted by molar-refractivity contribution is 6.13. The van der Waals surface area contributed by atoms with Crippen LogP contribution in [-0.4, -0.2) is 65.2 Å². The van der Waals surface area contributed by atoms with Crippen LogP contribution in [0.4, 0.5) is 0 Å². The second-order valence-electron chi connectivity index (χ2n) is 7.98. The van der Waals surface area contributed by atoms with Gasteiger partial charge in [-0.25, -0.2) is 0 Å². The lowest BCUT2D eigenvalue weighted by atomic mass is 10.0. The Morgan fingerprint density at radius 3 is 1.33 bits per heavy atom. The zero-order valence-electron chi connectivity index (χ0n) is 20.4. The molecular formula is C26H37Cl2N3O2. The standard InChI is InChI=1S/C26H35N3O2.2ClH/c1-6-27(7-2)17-25(30)19-11-13-23-21(15-19)22-16-20(12-14-24(22)29(23)10-5)26(31)18-28(8-3)9-4;;/h11-16H,6-10,17-18H2,1-5H3;2*1H. The number of aryl methyl sites for hydroxylation is 1. The monoisotopic (exact) mass is 493 g/mol. The van der Waals surface area contributed by atoms with Gasteiger partial charge in [0, 0.05) is 39.5 Å². The molecule has 0 aliphatic heterocycles. The van der Waals surface area contributed by atoms with Gasteiger partial charge in [-0.3, -0.25) is 19.4 Å². The quantitative estimate of drug-likeness (QED) is 0.321. The van der Waals surface area contributed by atoms with Gasteiger partial charge in [0.2, 0.25) is 0 Å². The second-order valence-corrected chi connectivity index (χ2v) is 7.98. The van der Waals surface area contributed by atoms with E-state index in [1.165, 1.54) is 0 Å². The van der Waals surface area contributed by atoms with Crippen molar-refractivity contribution in [2.24, 2.45) is 0 Å². The number of carbonyl (C=O) groups is 2. The zero-order valence-corrected chi connectivity index (χ0v) is 22.0. The molecule has 0 aliphatic carbocycles. The van der Waals surface area contributed by atoms with Crippen LogP contribution in [0.1, 0.15) is 55.3 Å². The summed E-state index contributed by atoms with van der Waals surface area (Å²) in [6, 6.07) is 12.0. The van der Waals surface area contributed by atoms with Crippen molar-refractivity contribution in [3.63, 3.8) is 0 Å². The second kappa shape index (κ2) is 13.1. The zero-order chi connectivity index (χ0) is 22.5. The third kappa shape index (κ3) is 6.15. The maximum Gasteiger partial charge on any atom is 0.176 e. The van der Waals surface area contributed by atoms with Gasteiger partial charge in [0.05, 0.1) is 13.1 Å². The number of aromatic nitrogens is 1. The van der Waals surface area contributed by atoms with Gasteiger partial charge in [0.1, 0.15) is 0 Å². The summed E-state index contributed by atoms with van der Waals surface area (Å²) in [4.78, 5) is 30.0. The number of carbonyl (C=O) groups excluding carboxylic acids is 2. The number of likely N-dealkylation sites (N-methyl/N-ethyl adjacent to an activating group) is 2. The molecule has 0 aliphatic rings. The van der Waals surface area contributed by atoms with E-state index in [0.717, 1.165) is 65.7 Å². The van der Waals surface area contributed by atoms with Crippen LogP contribution in [0.2, 0.25) is 0 Å². The normalized spacial score (nSPS) is 11.1. The van der Waals surface area contributed by atoms with Gasteiger partial charge in [-0.2, -0.15) is 0 Å². The van der Waals surface area contributed by atoms with Gasteiger partial charge in [-0.05, 0) is 69.5 Å². The number of fused-ring (bicyclic) bond motifs is 3. The Morgan fingerprint density at radius 1 is 0.667 bits per heavy atom. The van der Waals surface area contributed by atoms with Gasteiger partial charge < -0.3 is 4.57 Å². The Bertz CT molecular complexity index is 1000. The molecule has 0 saturated heterocycles. The number of halogens is 2. The molecule has 33 heavy (non-hydrogen) atoms. The number of hydrogen-bond acceptors (Lipinski definition) is 4. The minimum atomic E-state index is 0. The first-order chi connectivity index (χ1) is 15.0. The predicted molar refractivity (Wildman–Crippen MR) is 144 cm³/mol. The number of Topliss-reactive ketones (excluding diaryl/α,β-unsaturated/α-hetero) is 2. The molecule has 0 saturated carbocycles. The molecule has 0 spiro atoms. The fourth-order valence-corrected chi connectivity index (χ4v) is 4.27. The Kier molecular flexibility index (Phi) is 11.5. The molecule has 3 aromatic rings. The van der Waals surface area contributed by atoms with Gasteiger partial charge >= 0.3 is 0 Å². The summed E-state index contributed by atoms with van der Waals surface area (Å²) >= 11 is 0. The van der Waals surface area contributed by atoms with E-state index in [1.807, 2.05) is 36.4 Å². The smallest absolute Gasteiger partial charge is 0.176 e. The number of benzene rings is 2. The average molecular weight is 495 g/mol. The largest absolute Gasteiger partial charge is 0.341 e. The van der Waals surface area contributed by atoms with Crippen LogP contribution in [0, 0.1) is 0 Å². The van der Waals surface area contributed by atoms with Gasteiger partial charge in [0.25, 0.3) is 0 Å². The average Bonchev–Trinajstić information content (AvgIpc) is 3.12. The highest BCUT2D eigenvalue weighted by Gasteiger charge is 2.17. The number of nitrogens with zero attached hydrogens (tertiary/aromatic N) is 3. The van der Waals surface area contributed by atoms with Gasteiger partial charge in [0.15, 0.2) is 11.6 Å². The molecular weight excluding hydrogens is 457 g/mol. The fourth-order valence-electron chi connectivity index (χ4n) is 4.27. The lowest BCUT2D eigenvalue weighted by molar-refractivity contribution is 0.0930. The molecule has 7 heteroatoms. The molecule has 182 valence electrons. The first kappa shape index (κ1) is 29.1. The van der Waals surface area contributed by atoms with Crippen LogP contribution in [0.15, 0.2) is 36.4 Å². The SMILES string of the molecule is CCN(CC)CC(=O)c1ccc2c(c1)c1cc(C(=O)CN(CC)CC)ccc1n2CC.Cl.Cl. The molecule has 3 rings (SSSR count). The Balaban J connectivity index is 0.00000272. The Hall–Kier alpha value is -1.92. The lowest BCUT2D eigenvalue weighted by Gasteiger charge is -2.17. The first-order valence-corrected chi connectivity index (χ1v) is 11.5. The minimum absolute atomic E-state index is 0. The summed E-state index contributed by atoms with van der Waals surface area (Å²) in [5, 5.41) is 2.08. The fraction of sp³-hybridized carbons (Fsp3) is 0.462. The Labute approximate surface area is 209 Å². The van der Waals surface area contributed by atoms with Crippen LogP contribution in [0.5, 0.6) is 0 Å². The van der Waals surface area contributed by atoms with E-state index in [0.29, 0.717) is 13.1 Å². The van der Waals surface area contributed by atoms with E-state index in [2.05, 4.69) is 49.0 Å². The molecule has 0 bridgehead atoms. The van der Waals surface area contributed by atoms with Gasteiger partial charge in [-0.1, -0.05) is 27.7 Å². The van der Waals surface area contributed by atoms with Gasteiger partial charge in [-0.15, -0.1) is 24.8 Å². The van der Waals surface area contributed by atoms with E-state index in [-0.39, 0.29) is 36.4 Å². The molecule has 0 fully saturated rings. The van der Waals surface area contributed by atoms with Crippen LogP contribution < -0.4 is 0 Å². The minimum Gasteiger partial charge on any atom is -0.341 e.